The van der Waals surface area contributed by atoms with E-state index in [2.05, 4.69) is 17.6 Å². The van der Waals surface area contributed by atoms with Crippen molar-refractivity contribution in [1.82, 2.24) is 20.4 Å². The van der Waals surface area contributed by atoms with Crippen LogP contribution in [0, 0.1) is 0 Å². The predicted octanol–water partition coefficient (Wildman–Crippen LogP) is 1.38. The molecule has 0 spiro atoms. The van der Waals surface area contributed by atoms with Gasteiger partial charge in [0.1, 0.15) is 11.8 Å². The molecular formula is C34H66CaN4O8. The van der Waals surface area contributed by atoms with Crippen LogP contribution >= 0.6 is 0 Å². The topological polar surface area (TPSA) is 192 Å². The molecule has 0 rings (SSSR count). The number of carbonyl (C=O) groups excluding carboxylic acids is 1. The molecule has 0 bridgehead atoms. The summed E-state index contributed by atoms with van der Waals surface area (Å²) in [5.41, 5.74) is 0. The van der Waals surface area contributed by atoms with Gasteiger partial charge in [-0.3, -0.25) is 14.6 Å². The van der Waals surface area contributed by atoms with Gasteiger partial charge in [0.15, 0.2) is 0 Å². The van der Waals surface area contributed by atoms with Crippen molar-refractivity contribution < 1.29 is 40.2 Å². The van der Waals surface area contributed by atoms with Crippen LogP contribution in [0.25, 0.3) is 0 Å². The Morgan fingerprint density at radius 1 is 0.723 bits per heavy atom. The molecule has 0 aromatic rings. The molecule has 47 heavy (non-hydrogen) atoms. The summed E-state index contributed by atoms with van der Waals surface area (Å²) >= 11 is 0. The van der Waals surface area contributed by atoms with Crippen LogP contribution in [0.1, 0.15) is 106 Å². The fourth-order valence-electron chi connectivity index (χ4n) is 4.43. The average molecular weight is 699 g/mol. The van der Waals surface area contributed by atoms with Gasteiger partial charge in [-0.25, -0.2) is 0 Å². The summed E-state index contributed by atoms with van der Waals surface area (Å²) in [5, 5.41) is 67.5. The van der Waals surface area contributed by atoms with Crippen LogP contribution in [0.15, 0.2) is 23.7 Å². The van der Waals surface area contributed by atoms with Crippen LogP contribution in [-0.2, 0) is 9.59 Å². The fraction of sp³-hybridized carbons (Fsp3) is 0.824. The molecule has 0 saturated heterocycles. The molecule has 12 nitrogen and oxygen atoms in total. The van der Waals surface area contributed by atoms with E-state index in [9.17, 15) is 40.2 Å². The molecule has 0 saturated carbocycles. The molecule has 4 unspecified atom stereocenters. The number of carbonyl (C=O) groups is 2. The predicted molar refractivity (Wildman–Crippen MR) is 186 cm³/mol. The monoisotopic (exact) mass is 698 g/mol. The number of carboxylic acid groups (broad SMARTS) is 2. The van der Waals surface area contributed by atoms with Gasteiger partial charge in [0.2, 0.25) is 0 Å². The molecule has 0 aromatic carbocycles. The number of carboxylic acids is 2. The SMILES string of the molecule is CCC/C=C(\O)CNCCN(CC(O)CCCC)C(C)C(=O)O.CCC/C=C(\[O-])CNCCN(CC(O)CCCC)C(C)C(=O)[O-].[Ca+2]. The van der Waals surface area contributed by atoms with Gasteiger partial charge in [0.05, 0.1) is 24.7 Å². The van der Waals surface area contributed by atoms with Gasteiger partial charge in [0.25, 0.3) is 0 Å². The number of aliphatic hydroxyl groups is 3. The number of hydrogen-bond acceptors (Lipinski definition) is 11. The number of nitrogens with one attached hydrogen (secondary N) is 2. The van der Waals surface area contributed by atoms with E-state index < -0.39 is 36.2 Å². The Morgan fingerprint density at radius 3 is 1.60 bits per heavy atom. The third-order valence-corrected chi connectivity index (χ3v) is 7.55. The summed E-state index contributed by atoms with van der Waals surface area (Å²) in [5.74, 6) is -1.68. The van der Waals surface area contributed by atoms with Crippen LogP contribution in [0.2, 0.25) is 0 Å². The fourth-order valence-corrected chi connectivity index (χ4v) is 4.43. The summed E-state index contributed by atoms with van der Waals surface area (Å²) in [6.07, 6.45) is 11.2. The Kier molecular flexibility index (Phi) is 36.0. The van der Waals surface area contributed by atoms with Crippen molar-refractivity contribution in [2.24, 2.45) is 0 Å². The standard InChI is InChI=1S/2C17H34N2O4.Ca/c2*1-4-6-8-15(20)12-18-10-11-19(14(3)17(22)23)13-16(21)9-7-5-2;/h2*8,14,16,18,20-21H,4-7,9-13H2,1-3H3,(H,22,23);/q;;+2/p-2/b2*15-8-;. The third-order valence-electron chi connectivity index (χ3n) is 7.55. The minimum atomic E-state index is -1.15. The first-order valence-corrected chi connectivity index (χ1v) is 17.3. The summed E-state index contributed by atoms with van der Waals surface area (Å²) in [6.45, 7) is 14.7. The van der Waals surface area contributed by atoms with Crippen LogP contribution < -0.4 is 20.8 Å². The smallest absolute Gasteiger partial charge is 0.875 e. The first-order valence-electron chi connectivity index (χ1n) is 17.3. The Balaban J connectivity index is -0.000000807. The van der Waals surface area contributed by atoms with Crippen molar-refractivity contribution in [3.05, 3.63) is 23.7 Å². The molecule has 0 fully saturated rings. The second-order valence-electron chi connectivity index (χ2n) is 11.9. The maximum absolute atomic E-state index is 11.5. The first-order chi connectivity index (χ1) is 21.8. The number of allylic oxidation sites excluding steroid dienone is 2. The molecule has 272 valence electrons. The van der Waals surface area contributed by atoms with Crippen LogP contribution in [-0.4, -0.2) is 157 Å². The van der Waals surface area contributed by atoms with E-state index in [1.54, 1.807) is 35.8 Å². The maximum Gasteiger partial charge on any atom is 2.00 e. The zero-order chi connectivity index (χ0) is 35.3. The molecule has 13 heteroatoms. The summed E-state index contributed by atoms with van der Waals surface area (Å²) < 4.78 is 0. The number of nitrogens with zero attached hydrogens (tertiary/aromatic N) is 2. The molecule has 6 N–H and O–H groups in total. The van der Waals surface area contributed by atoms with Gasteiger partial charge >= 0.3 is 43.7 Å². The van der Waals surface area contributed by atoms with Gasteiger partial charge < -0.3 is 46.1 Å². The molecule has 0 aliphatic heterocycles. The second-order valence-corrected chi connectivity index (χ2v) is 11.9. The van der Waals surface area contributed by atoms with Crippen molar-refractivity contribution in [3.8, 4) is 0 Å². The minimum absolute atomic E-state index is 0. The molecule has 0 aromatic heterocycles. The van der Waals surface area contributed by atoms with Crippen molar-refractivity contribution in [2.75, 3.05) is 52.4 Å². The van der Waals surface area contributed by atoms with E-state index >= 15 is 0 Å². The van der Waals surface area contributed by atoms with E-state index in [1.165, 1.54) is 0 Å². The number of aliphatic carboxylic acids is 2. The third kappa shape index (κ3) is 29.7. The van der Waals surface area contributed by atoms with Crippen LogP contribution in [0.5, 0.6) is 0 Å². The summed E-state index contributed by atoms with van der Waals surface area (Å²) in [7, 11) is 0. The van der Waals surface area contributed by atoms with E-state index in [0.717, 1.165) is 51.4 Å². The maximum atomic E-state index is 11.5. The first kappa shape index (κ1) is 50.4. The Bertz CT molecular complexity index is 768. The van der Waals surface area contributed by atoms with Crippen LogP contribution in [0.4, 0.5) is 0 Å². The molecule has 4 atom stereocenters. The summed E-state index contributed by atoms with van der Waals surface area (Å²) in [4.78, 5) is 25.7. The second kappa shape index (κ2) is 33.5. The molecule has 0 heterocycles. The van der Waals surface area contributed by atoms with E-state index in [0.29, 0.717) is 64.4 Å². The molecular weight excluding hydrogens is 632 g/mol. The van der Waals surface area contributed by atoms with Crippen LogP contribution in [0.3, 0.4) is 0 Å². The summed E-state index contributed by atoms with van der Waals surface area (Å²) in [6, 6.07) is -1.41. The van der Waals surface area contributed by atoms with Gasteiger partial charge in [-0.05, 0) is 45.6 Å². The van der Waals surface area contributed by atoms with Gasteiger partial charge in [-0.15, -0.1) is 5.76 Å². The van der Waals surface area contributed by atoms with Crippen molar-refractivity contribution in [3.63, 3.8) is 0 Å². The molecule has 0 radical (unpaired) electrons. The molecule has 0 amide bonds. The quantitative estimate of drug-likeness (QED) is 0.0392. The van der Waals surface area contributed by atoms with Gasteiger partial charge in [-0.2, -0.15) is 0 Å². The Hall–Kier alpha value is -0.960. The van der Waals surface area contributed by atoms with E-state index in [-0.39, 0.29) is 50.0 Å². The van der Waals surface area contributed by atoms with Gasteiger partial charge in [-0.1, -0.05) is 72.3 Å². The molecule has 0 aliphatic carbocycles. The number of rotatable bonds is 28. The van der Waals surface area contributed by atoms with Gasteiger partial charge in [0, 0.05) is 51.9 Å². The average Bonchev–Trinajstić information content (AvgIpc) is 3.02. The molecule has 0 aliphatic rings. The normalized spacial score (nSPS) is 14.6. The largest absolute Gasteiger partial charge is 2.00 e. The van der Waals surface area contributed by atoms with E-state index in [4.69, 9.17) is 0 Å². The van der Waals surface area contributed by atoms with E-state index in [1.807, 2.05) is 20.8 Å². The zero-order valence-corrected chi connectivity index (χ0v) is 32.4. The Labute approximate surface area is 314 Å². The number of aliphatic hydroxyl groups excluding tert-OH is 3. The minimum Gasteiger partial charge on any atom is -0.875 e. The number of hydrogen-bond donors (Lipinski definition) is 6. The van der Waals surface area contributed by atoms with Crippen molar-refractivity contribution in [2.45, 2.75) is 130 Å². The van der Waals surface area contributed by atoms with Crippen molar-refractivity contribution in [1.29, 1.82) is 0 Å². The number of unbranched alkanes of at least 4 members (excludes halogenated alkanes) is 4. The van der Waals surface area contributed by atoms with Crippen molar-refractivity contribution >= 4 is 49.7 Å². The zero-order valence-electron chi connectivity index (χ0n) is 30.2. The Morgan fingerprint density at radius 2 is 1.17 bits per heavy atom.